The third-order valence-corrected chi connectivity index (χ3v) is 4.17. The Balaban J connectivity index is 1.79. The van der Waals surface area contributed by atoms with Crippen LogP contribution in [0.5, 0.6) is 5.75 Å². The highest BCUT2D eigenvalue weighted by Crippen LogP contribution is 2.15. The lowest BCUT2D eigenvalue weighted by atomic mass is 10.0. The van der Waals surface area contributed by atoms with Crippen molar-refractivity contribution in [2.45, 2.75) is 51.9 Å². The first kappa shape index (κ1) is 20.9. The summed E-state index contributed by atoms with van der Waals surface area (Å²) >= 11 is 0. The zero-order chi connectivity index (χ0) is 19.9. The van der Waals surface area contributed by atoms with E-state index in [1.54, 1.807) is 0 Å². The number of nitrogens with one attached hydrogen (secondary N) is 1. The molecule has 0 unspecified atom stereocenters. The minimum Gasteiger partial charge on any atom is -0.484 e. The van der Waals surface area contributed by atoms with Gasteiger partial charge < -0.3 is 20.5 Å². The lowest BCUT2D eigenvalue weighted by Gasteiger charge is -2.20. The van der Waals surface area contributed by atoms with Crippen molar-refractivity contribution < 1.29 is 20.0 Å². The Hall–Kier alpha value is -2.37. The summed E-state index contributed by atoms with van der Waals surface area (Å²) in [5.74, 6) is 0.531. The molecule has 0 radical (unpaired) electrons. The third-order valence-electron chi connectivity index (χ3n) is 4.17. The zero-order valence-electron chi connectivity index (χ0n) is 16.6. The van der Waals surface area contributed by atoms with E-state index >= 15 is 0 Å². The molecule has 5 nitrogen and oxygen atoms in total. The summed E-state index contributed by atoms with van der Waals surface area (Å²) < 4.78 is 5.53. The molecule has 2 aromatic rings. The average molecular weight is 372 g/mol. The van der Waals surface area contributed by atoms with Crippen LogP contribution in [-0.4, -0.2) is 29.2 Å². The van der Waals surface area contributed by atoms with Crippen LogP contribution in [0.1, 0.15) is 44.9 Å². The number of ether oxygens (including phenoxy) is 1. The van der Waals surface area contributed by atoms with Gasteiger partial charge in [-0.15, -0.1) is 0 Å². The number of carbonyl (C=O) groups excluding carboxylic acids is 1. The van der Waals surface area contributed by atoms with Crippen LogP contribution < -0.4 is 15.4 Å². The second-order valence-corrected chi connectivity index (χ2v) is 7.89. The van der Waals surface area contributed by atoms with Crippen LogP contribution in [0.3, 0.4) is 0 Å². The largest absolute Gasteiger partial charge is 0.484 e. The lowest BCUT2D eigenvalue weighted by Crippen LogP contribution is -2.88. The van der Waals surface area contributed by atoms with Crippen LogP contribution >= 0.6 is 0 Å². The molecule has 0 heterocycles. The maximum absolute atomic E-state index is 11.8. The Bertz CT molecular complexity index is 709. The first-order chi connectivity index (χ1) is 12.7. The van der Waals surface area contributed by atoms with E-state index in [1.165, 1.54) is 0 Å². The number of aliphatic hydroxyl groups excluding tert-OH is 1. The molecule has 0 bridgehead atoms. The number of quaternary nitrogens is 1. The molecule has 146 valence electrons. The Morgan fingerprint density at radius 2 is 1.74 bits per heavy atom. The van der Waals surface area contributed by atoms with Gasteiger partial charge >= 0.3 is 0 Å². The van der Waals surface area contributed by atoms with E-state index in [0.29, 0.717) is 5.75 Å². The number of carbonyl (C=O) groups is 1. The molecule has 0 aliphatic carbocycles. The number of hydrogen-bond donors (Lipinski definition) is 3. The predicted molar refractivity (Wildman–Crippen MR) is 106 cm³/mol. The Morgan fingerprint density at radius 3 is 2.33 bits per heavy atom. The van der Waals surface area contributed by atoms with Crippen LogP contribution in [0, 0.1) is 0 Å². The fraction of sp³-hybridized carbons (Fsp3) is 0.409. The fourth-order valence-corrected chi connectivity index (χ4v) is 2.73. The van der Waals surface area contributed by atoms with E-state index in [1.807, 2.05) is 82.3 Å². The molecule has 0 aromatic heterocycles. The maximum Gasteiger partial charge on any atom is 0.258 e. The first-order valence-corrected chi connectivity index (χ1v) is 9.34. The van der Waals surface area contributed by atoms with Gasteiger partial charge in [-0.3, -0.25) is 4.79 Å². The van der Waals surface area contributed by atoms with E-state index in [-0.39, 0.29) is 24.1 Å². The molecule has 2 aromatic carbocycles. The SMILES string of the molecule is C[C@@H]([NH2+]Cc1ccc(OCC(=O)NC(C)(C)C)cc1)[C@H](O)c1ccccc1. The molecule has 4 N–H and O–H groups in total. The van der Waals surface area contributed by atoms with Gasteiger partial charge in [-0.2, -0.15) is 0 Å². The topological polar surface area (TPSA) is 75.2 Å². The van der Waals surface area contributed by atoms with E-state index in [2.05, 4.69) is 10.6 Å². The van der Waals surface area contributed by atoms with Gasteiger partial charge in [0, 0.05) is 11.1 Å². The molecular weight excluding hydrogens is 340 g/mol. The minimum atomic E-state index is -0.505. The maximum atomic E-state index is 11.8. The van der Waals surface area contributed by atoms with Gasteiger partial charge in [-0.05, 0) is 57.5 Å². The standard InChI is InChI=1S/C22H30N2O3/c1-16(21(26)18-8-6-5-7-9-18)23-14-17-10-12-19(13-11-17)27-15-20(25)24-22(2,3)4/h5-13,16,21,23,26H,14-15H2,1-4H3,(H,24,25)/p+1/t16-,21+/m1/s1. The number of rotatable bonds is 8. The molecule has 0 aliphatic rings. The normalized spacial score (nSPS) is 13.7. The summed E-state index contributed by atoms with van der Waals surface area (Å²) in [6.45, 7) is 8.59. The van der Waals surface area contributed by atoms with Crippen LogP contribution in [0.25, 0.3) is 0 Å². The first-order valence-electron chi connectivity index (χ1n) is 9.34. The van der Waals surface area contributed by atoms with Gasteiger partial charge in [-0.1, -0.05) is 30.3 Å². The summed E-state index contributed by atoms with van der Waals surface area (Å²) in [7, 11) is 0. The zero-order valence-corrected chi connectivity index (χ0v) is 16.6. The summed E-state index contributed by atoms with van der Waals surface area (Å²) in [6, 6.07) is 17.4. The number of aliphatic hydroxyl groups is 1. The fourth-order valence-electron chi connectivity index (χ4n) is 2.73. The number of benzene rings is 2. The molecule has 0 saturated heterocycles. The summed E-state index contributed by atoms with van der Waals surface area (Å²) in [5, 5.41) is 15.4. The van der Waals surface area contributed by atoms with Crippen molar-refractivity contribution in [3.8, 4) is 5.75 Å². The quantitative estimate of drug-likeness (QED) is 0.666. The highest BCUT2D eigenvalue weighted by atomic mass is 16.5. The van der Waals surface area contributed by atoms with Crippen molar-refractivity contribution in [2.75, 3.05) is 6.61 Å². The van der Waals surface area contributed by atoms with Crippen LogP contribution in [-0.2, 0) is 11.3 Å². The van der Waals surface area contributed by atoms with Crippen molar-refractivity contribution in [1.29, 1.82) is 0 Å². The Labute approximate surface area is 161 Å². The highest BCUT2D eigenvalue weighted by Gasteiger charge is 2.19. The van der Waals surface area contributed by atoms with E-state index in [0.717, 1.165) is 17.7 Å². The number of amides is 1. The monoisotopic (exact) mass is 371 g/mol. The molecule has 0 saturated carbocycles. The second-order valence-electron chi connectivity index (χ2n) is 7.89. The van der Waals surface area contributed by atoms with E-state index in [9.17, 15) is 9.90 Å². The number of hydrogen-bond acceptors (Lipinski definition) is 3. The van der Waals surface area contributed by atoms with Crippen molar-refractivity contribution >= 4 is 5.91 Å². The van der Waals surface area contributed by atoms with Crippen molar-refractivity contribution in [2.24, 2.45) is 0 Å². The number of nitrogens with two attached hydrogens (primary N) is 1. The third kappa shape index (κ3) is 7.41. The predicted octanol–water partition coefficient (Wildman–Crippen LogP) is 2.17. The molecule has 0 aliphatic heterocycles. The molecular formula is C22H31N2O3+. The van der Waals surface area contributed by atoms with Gasteiger partial charge in [0.1, 0.15) is 24.4 Å². The molecule has 2 atom stereocenters. The second kappa shape index (κ2) is 9.53. The van der Waals surface area contributed by atoms with Gasteiger partial charge in [0.2, 0.25) is 0 Å². The van der Waals surface area contributed by atoms with Crippen LogP contribution in [0.4, 0.5) is 0 Å². The average Bonchev–Trinajstić information content (AvgIpc) is 2.64. The molecule has 0 fully saturated rings. The molecule has 27 heavy (non-hydrogen) atoms. The van der Waals surface area contributed by atoms with Crippen molar-refractivity contribution in [3.63, 3.8) is 0 Å². The van der Waals surface area contributed by atoms with Gasteiger partial charge in [0.05, 0.1) is 0 Å². The van der Waals surface area contributed by atoms with Crippen molar-refractivity contribution in [3.05, 3.63) is 65.7 Å². The molecule has 2 rings (SSSR count). The molecule has 1 amide bonds. The van der Waals surface area contributed by atoms with Crippen LogP contribution in [0.15, 0.2) is 54.6 Å². The van der Waals surface area contributed by atoms with E-state index < -0.39 is 6.10 Å². The Kier molecular flexibility index (Phi) is 7.39. The molecule has 0 spiro atoms. The smallest absolute Gasteiger partial charge is 0.258 e. The summed E-state index contributed by atoms with van der Waals surface area (Å²) in [5.41, 5.74) is 1.80. The van der Waals surface area contributed by atoms with Crippen molar-refractivity contribution in [1.82, 2.24) is 5.32 Å². The summed E-state index contributed by atoms with van der Waals surface area (Å²) in [4.78, 5) is 11.8. The molecule has 5 heteroatoms. The lowest BCUT2D eigenvalue weighted by molar-refractivity contribution is -0.709. The van der Waals surface area contributed by atoms with Crippen LogP contribution in [0.2, 0.25) is 0 Å². The van der Waals surface area contributed by atoms with Gasteiger partial charge in [0.25, 0.3) is 5.91 Å². The van der Waals surface area contributed by atoms with E-state index in [4.69, 9.17) is 4.74 Å². The highest BCUT2D eigenvalue weighted by molar-refractivity contribution is 5.78. The minimum absolute atomic E-state index is 0.00302. The van der Waals surface area contributed by atoms with Gasteiger partial charge in [-0.25, -0.2) is 0 Å². The van der Waals surface area contributed by atoms with Gasteiger partial charge in [0.15, 0.2) is 6.61 Å². The summed E-state index contributed by atoms with van der Waals surface area (Å²) in [6.07, 6.45) is -0.505. The Morgan fingerprint density at radius 1 is 1.11 bits per heavy atom.